The molecule has 128 valence electrons. The van der Waals surface area contributed by atoms with E-state index in [4.69, 9.17) is 58.0 Å². The third-order valence-corrected chi connectivity index (χ3v) is 4.79. The normalized spacial score (nSPS) is 12.6. The molecular weight excluding hydrogens is 528 g/mol. The molecule has 0 unspecified atom stereocenters. The van der Waals surface area contributed by atoms with Crippen molar-refractivity contribution in [3.05, 3.63) is 61.6 Å². The first kappa shape index (κ1) is 20.2. The van der Waals surface area contributed by atoms with Crippen molar-refractivity contribution >= 4 is 92.2 Å². The molecule has 2 aromatic rings. The molecule has 0 saturated carbocycles. The summed E-state index contributed by atoms with van der Waals surface area (Å²) >= 11 is 32.0. The van der Waals surface area contributed by atoms with Gasteiger partial charge in [0.25, 0.3) is 5.91 Å². The summed E-state index contributed by atoms with van der Waals surface area (Å²) in [6, 6.07) is 11.8. The molecule has 0 aromatic heterocycles. The number of nitrogens with one attached hydrogen (secondary N) is 2. The van der Waals surface area contributed by atoms with Crippen LogP contribution in [0.2, 0.25) is 10.0 Å². The molecule has 1 amide bonds. The highest BCUT2D eigenvalue weighted by molar-refractivity contribution is 14.1. The first-order valence-corrected chi connectivity index (χ1v) is 9.48. The van der Waals surface area contributed by atoms with E-state index in [9.17, 15) is 4.79 Å². The molecule has 0 radical (unpaired) electrons. The fourth-order valence-corrected chi connectivity index (χ4v) is 3.14. The predicted octanol–water partition coefficient (Wildman–Crippen LogP) is 6.14. The second kappa shape index (κ2) is 8.52. The zero-order valence-electron chi connectivity index (χ0n) is 11.8. The summed E-state index contributed by atoms with van der Waals surface area (Å²) < 4.78 is -0.889. The lowest BCUT2D eigenvalue weighted by Crippen LogP contribution is -2.49. The Morgan fingerprint density at radius 3 is 2.38 bits per heavy atom. The van der Waals surface area contributed by atoms with Crippen molar-refractivity contribution in [1.29, 1.82) is 0 Å². The standard InChI is InChI=1S/C15H10Cl5IN2O/c16-9-4-5-12(11(17)7-9)22-14(15(18,19)20)23-13(24)8-2-1-3-10(21)6-8/h1-7,14,22H,(H,23,24)/t14-/m0/s1. The largest absolute Gasteiger partial charge is 0.361 e. The van der Waals surface area contributed by atoms with Crippen LogP contribution in [0, 0.1) is 3.57 Å². The van der Waals surface area contributed by atoms with Gasteiger partial charge in [0.2, 0.25) is 3.79 Å². The van der Waals surface area contributed by atoms with E-state index in [1.165, 1.54) is 0 Å². The van der Waals surface area contributed by atoms with Crippen molar-refractivity contribution in [2.45, 2.75) is 9.96 Å². The van der Waals surface area contributed by atoms with Gasteiger partial charge in [-0.2, -0.15) is 0 Å². The maximum Gasteiger partial charge on any atom is 0.253 e. The summed E-state index contributed by atoms with van der Waals surface area (Å²) in [4.78, 5) is 12.4. The van der Waals surface area contributed by atoms with E-state index in [2.05, 4.69) is 33.2 Å². The second-order valence-electron chi connectivity index (χ2n) is 4.73. The third kappa shape index (κ3) is 5.71. The number of anilines is 1. The fraction of sp³-hybridized carbons (Fsp3) is 0.133. The molecule has 2 rings (SSSR count). The molecule has 0 fully saturated rings. The quantitative estimate of drug-likeness (QED) is 0.279. The predicted molar refractivity (Wildman–Crippen MR) is 111 cm³/mol. The molecule has 0 spiro atoms. The van der Waals surface area contributed by atoms with Crippen LogP contribution in [-0.2, 0) is 0 Å². The molecule has 24 heavy (non-hydrogen) atoms. The minimum Gasteiger partial charge on any atom is -0.361 e. The number of carbonyl (C=O) groups is 1. The lowest BCUT2D eigenvalue weighted by atomic mass is 10.2. The Morgan fingerprint density at radius 1 is 1.08 bits per heavy atom. The van der Waals surface area contributed by atoms with E-state index >= 15 is 0 Å². The van der Waals surface area contributed by atoms with Gasteiger partial charge in [-0.05, 0) is 59.0 Å². The number of alkyl halides is 3. The summed E-state index contributed by atoms with van der Waals surface area (Å²) in [6.07, 6.45) is -1.01. The van der Waals surface area contributed by atoms with Crippen LogP contribution in [0.1, 0.15) is 10.4 Å². The number of benzene rings is 2. The first-order valence-electron chi connectivity index (χ1n) is 6.51. The molecular formula is C15H10Cl5IN2O. The Balaban J connectivity index is 2.21. The van der Waals surface area contributed by atoms with Crippen LogP contribution in [-0.4, -0.2) is 15.9 Å². The maximum atomic E-state index is 12.4. The van der Waals surface area contributed by atoms with Crippen LogP contribution in [0.5, 0.6) is 0 Å². The Labute approximate surface area is 178 Å². The highest BCUT2D eigenvalue weighted by atomic mass is 127. The number of carbonyl (C=O) groups excluding carboxylic acids is 1. The van der Waals surface area contributed by atoms with Gasteiger partial charge in [-0.15, -0.1) is 0 Å². The summed E-state index contributed by atoms with van der Waals surface area (Å²) in [6.45, 7) is 0. The topological polar surface area (TPSA) is 41.1 Å². The van der Waals surface area contributed by atoms with Gasteiger partial charge in [-0.3, -0.25) is 4.79 Å². The molecule has 0 aliphatic rings. The first-order chi connectivity index (χ1) is 11.2. The van der Waals surface area contributed by atoms with Crippen LogP contribution in [0.3, 0.4) is 0 Å². The monoisotopic (exact) mass is 536 g/mol. The summed E-state index contributed by atoms with van der Waals surface area (Å²) in [7, 11) is 0. The Morgan fingerprint density at radius 2 is 1.79 bits per heavy atom. The molecule has 0 aliphatic heterocycles. The molecule has 0 aliphatic carbocycles. The van der Waals surface area contributed by atoms with E-state index in [1.54, 1.807) is 36.4 Å². The van der Waals surface area contributed by atoms with Gasteiger partial charge < -0.3 is 10.6 Å². The molecule has 0 heterocycles. The number of halogens is 6. The van der Waals surface area contributed by atoms with E-state index in [1.807, 2.05) is 6.07 Å². The number of hydrogen-bond acceptors (Lipinski definition) is 2. The molecule has 1 atom stereocenters. The Kier molecular flexibility index (Phi) is 7.17. The van der Waals surface area contributed by atoms with Crippen LogP contribution in [0.4, 0.5) is 5.69 Å². The van der Waals surface area contributed by atoms with Crippen molar-refractivity contribution in [1.82, 2.24) is 5.32 Å². The van der Waals surface area contributed by atoms with Gasteiger partial charge in [-0.25, -0.2) is 0 Å². The summed E-state index contributed by atoms with van der Waals surface area (Å²) in [5.41, 5.74) is 0.922. The van der Waals surface area contributed by atoms with Crippen molar-refractivity contribution in [3.8, 4) is 0 Å². The highest BCUT2D eigenvalue weighted by Gasteiger charge is 2.34. The van der Waals surface area contributed by atoms with Crippen molar-refractivity contribution in [2.24, 2.45) is 0 Å². The average Bonchev–Trinajstić information content (AvgIpc) is 2.48. The minimum atomic E-state index is -1.81. The lowest BCUT2D eigenvalue weighted by molar-refractivity contribution is 0.0942. The van der Waals surface area contributed by atoms with Gasteiger partial charge in [-0.1, -0.05) is 64.1 Å². The molecule has 0 saturated heterocycles. The number of rotatable bonds is 4. The van der Waals surface area contributed by atoms with Crippen molar-refractivity contribution in [2.75, 3.05) is 5.32 Å². The number of hydrogen-bond donors (Lipinski definition) is 2. The van der Waals surface area contributed by atoms with Gasteiger partial charge in [0.15, 0.2) is 0 Å². The van der Waals surface area contributed by atoms with Gasteiger partial charge >= 0.3 is 0 Å². The zero-order chi connectivity index (χ0) is 17.9. The van der Waals surface area contributed by atoms with Gasteiger partial charge in [0, 0.05) is 14.2 Å². The Bertz CT molecular complexity index is 751. The van der Waals surface area contributed by atoms with E-state index in [0.717, 1.165) is 3.57 Å². The third-order valence-electron chi connectivity index (χ3n) is 2.92. The average molecular weight is 538 g/mol. The zero-order valence-corrected chi connectivity index (χ0v) is 17.7. The maximum absolute atomic E-state index is 12.4. The van der Waals surface area contributed by atoms with Gasteiger partial charge in [0.05, 0.1) is 10.7 Å². The van der Waals surface area contributed by atoms with Crippen LogP contribution < -0.4 is 10.6 Å². The smallest absolute Gasteiger partial charge is 0.253 e. The molecule has 3 nitrogen and oxygen atoms in total. The minimum absolute atomic E-state index is 0.338. The van der Waals surface area contributed by atoms with E-state index < -0.39 is 9.96 Å². The van der Waals surface area contributed by atoms with E-state index in [-0.39, 0.29) is 5.91 Å². The summed E-state index contributed by atoms with van der Waals surface area (Å²) in [5.74, 6) is -0.387. The molecule has 2 aromatic carbocycles. The molecule has 2 N–H and O–H groups in total. The lowest BCUT2D eigenvalue weighted by Gasteiger charge is -2.28. The van der Waals surface area contributed by atoms with Crippen molar-refractivity contribution < 1.29 is 4.79 Å². The SMILES string of the molecule is O=C(N[C@H](Nc1ccc(Cl)cc1Cl)C(Cl)(Cl)Cl)c1cccc(I)c1. The number of amides is 1. The van der Waals surface area contributed by atoms with Crippen LogP contribution in [0.15, 0.2) is 42.5 Å². The summed E-state index contributed by atoms with van der Waals surface area (Å²) in [5, 5.41) is 6.37. The molecule has 9 heteroatoms. The van der Waals surface area contributed by atoms with E-state index in [0.29, 0.717) is 21.3 Å². The van der Waals surface area contributed by atoms with Crippen molar-refractivity contribution in [3.63, 3.8) is 0 Å². The Hall–Kier alpha value is -0.110. The second-order valence-corrected chi connectivity index (χ2v) is 9.19. The fourth-order valence-electron chi connectivity index (χ4n) is 1.81. The van der Waals surface area contributed by atoms with Crippen LogP contribution in [0.25, 0.3) is 0 Å². The van der Waals surface area contributed by atoms with Gasteiger partial charge in [0.1, 0.15) is 6.17 Å². The van der Waals surface area contributed by atoms with Crippen LogP contribution >= 0.6 is 80.6 Å². The highest BCUT2D eigenvalue weighted by Crippen LogP contribution is 2.33. The molecule has 0 bridgehead atoms.